The molecule has 0 aromatic heterocycles. The molecule has 1 aliphatic rings. The second-order valence-corrected chi connectivity index (χ2v) is 5.54. The van der Waals surface area contributed by atoms with Gasteiger partial charge in [0.05, 0.1) is 0 Å². The molecule has 0 unspecified atom stereocenters. The molecule has 0 aliphatic carbocycles. The van der Waals surface area contributed by atoms with Crippen molar-refractivity contribution < 1.29 is 0 Å². The van der Waals surface area contributed by atoms with Crippen molar-refractivity contribution in [2.24, 2.45) is 0 Å². The molecule has 2 rings (SSSR count). The molecule has 1 saturated heterocycles. The summed E-state index contributed by atoms with van der Waals surface area (Å²) in [5, 5.41) is 3.55. The van der Waals surface area contributed by atoms with E-state index >= 15 is 0 Å². The summed E-state index contributed by atoms with van der Waals surface area (Å²) in [5.74, 6) is 0. The molecule has 14 heavy (non-hydrogen) atoms. The Kier molecular flexibility index (Phi) is 3.63. The van der Waals surface area contributed by atoms with E-state index in [4.69, 9.17) is 0 Å². The number of halogens is 2. The van der Waals surface area contributed by atoms with Gasteiger partial charge in [0.15, 0.2) is 0 Å². The van der Waals surface area contributed by atoms with E-state index < -0.39 is 0 Å². The summed E-state index contributed by atoms with van der Waals surface area (Å²) in [4.78, 5) is 0. The van der Waals surface area contributed by atoms with Crippen LogP contribution in [0.4, 0.5) is 0 Å². The van der Waals surface area contributed by atoms with Crippen LogP contribution < -0.4 is 5.32 Å². The molecule has 3 heteroatoms. The van der Waals surface area contributed by atoms with Gasteiger partial charge in [0.1, 0.15) is 0 Å². The molecule has 1 fully saturated rings. The van der Waals surface area contributed by atoms with Gasteiger partial charge in [0, 0.05) is 15.0 Å². The summed E-state index contributed by atoms with van der Waals surface area (Å²) in [6.45, 7) is 1.15. The van der Waals surface area contributed by atoms with E-state index in [9.17, 15) is 0 Å². The van der Waals surface area contributed by atoms with Crippen molar-refractivity contribution in [2.45, 2.75) is 25.3 Å². The molecular formula is C11H13Br2N. The van der Waals surface area contributed by atoms with E-state index in [0.29, 0.717) is 6.04 Å². The van der Waals surface area contributed by atoms with Crippen LogP contribution in [-0.4, -0.2) is 6.54 Å². The summed E-state index contributed by atoms with van der Waals surface area (Å²) < 4.78 is 2.29. The largest absolute Gasteiger partial charge is 0.310 e. The van der Waals surface area contributed by atoms with Crippen LogP contribution in [0, 0.1) is 0 Å². The molecule has 0 amide bonds. The summed E-state index contributed by atoms with van der Waals surface area (Å²) in [5.41, 5.74) is 1.38. The summed E-state index contributed by atoms with van der Waals surface area (Å²) in [6.07, 6.45) is 3.90. The van der Waals surface area contributed by atoms with Gasteiger partial charge in [0.2, 0.25) is 0 Å². The minimum atomic E-state index is 0.539. The van der Waals surface area contributed by atoms with Crippen molar-refractivity contribution >= 4 is 31.9 Å². The topological polar surface area (TPSA) is 12.0 Å². The monoisotopic (exact) mass is 317 g/mol. The highest BCUT2D eigenvalue weighted by Gasteiger charge is 2.14. The van der Waals surface area contributed by atoms with Crippen LogP contribution >= 0.6 is 31.9 Å². The third-order valence-corrected chi connectivity index (χ3v) is 3.51. The lowest BCUT2D eigenvalue weighted by molar-refractivity contribution is 0.412. The van der Waals surface area contributed by atoms with Gasteiger partial charge in [-0.25, -0.2) is 0 Å². The van der Waals surface area contributed by atoms with Crippen molar-refractivity contribution in [3.05, 3.63) is 32.7 Å². The van der Waals surface area contributed by atoms with Gasteiger partial charge in [-0.2, -0.15) is 0 Å². The fraction of sp³-hybridized carbons (Fsp3) is 0.455. The van der Waals surface area contributed by atoms with Crippen molar-refractivity contribution in [1.82, 2.24) is 5.32 Å². The summed E-state index contributed by atoms with van der Waals surface area (Å²) in [6, 6.07) is 7.02. The highest BCUT2D eigenvalue weighted by atomic mass is 79.9. The number of rotatable bonds is 1. The van der Waals surface area contributed by atoms with E-state index in [1.54, 1.807) is 0 Å². The molecule has 0 saturated carbocycles. The van der Waals surface area contributed by atoms with E-state index in [1.165, 1.54) is 24.8 Å². The highest BCUT2D eigenvalue weighted by molar-refractivity contribution is 9.11. The molecule has 76 valence electrons. The highest BCUT2D eigenvalue weighted by Crippen LogP contribution is 2.28. The first-order chi connectivity index (χ1) is 6.75. The molecule has 1 aromatic carbocycles. The van der Waals surface area contributed by atoms with E-state index in [-0.39, 0.29) is 0 Å². The summed E-state index contributed by atoms with van der Waals surface area (Å²) in [7, 11) is 0. The van der Waals surface area contributed by atoms with Gasteiger partial charge >= 0.3 is 0 Å². The molecule has 1 aliphatic heterocycles. The van der Waals surface area contributed by atoms with Gasteiger partial charge < -0.3 is 5.32 Å². The first-order valence-corrected chi connectivity index (χ1v) is 6.54. The zero-order valence-electron chi connectivity index (χ0n) is 7.89. The van der Waals surface area contributed by atoms with E-state index in [2.05, 4.69) is 55.4 Å². The van der Waals surface area contributed by atoms with E-state index in [0.717, 1.165) is 15.5 Å². The Labute approximate surface area is 102 Å². The molecular weight excluding hydrogens is 306 g/mol. The lowest BCUT2D eigenvalue weighted by atomic mass is 9.98. The number of nitrogens with one attached hydrogen (secondary N) is 1. The lowest BCUT2D eigenvalue weighted by Gasteiger charge is -2.24. The minimum Gasteiger partial charge on any atom is -0.310 e. The Hall–Kier alpha value is 0.140. The Morgan fingerprint density at radius 3 is 2.36 bits per heavy atom. The second-order valence-electron chi connectivity index (χ2n) is 3.71. The van der Waals surface area contributed by atoms with Gasteiger partial charge in [-0.05, 0) is 43.1 Å². The quantitative estimate of drug-likeness (QED) is 0.824. The maximum Gasteiger partial charge on any atom is 0.0321 e. The lowest BCUT2D eigenvalue weighted by Crippen LogP contribution is -2.26. The Morgan fingerprint density at radius 2 is 1.79 bits per heavy atom. The van der Waals surface area contributed by atoms with Crippen LogP contribution in [-0.2, 0) is 0 Å². The first-order valence-electron chi connectivity index (χ1n) is 4.95. The van der Waals surface area contributed by atoms with Crippen LogP contribution in [0.3, 0.4) is 0 Å². The van der Waals surface area contributed by atoms with Crippen LogP contribution in [0.2, 0.25) is 0 Å². The molecule has 1 nitrogen and oxygen atoms in total. The number of piperidine rings is 1. The Morgan fingerprint density at radius 1 is 1.07 bits per heavy atom. The van der Waals surface area contributed by atoms with Crippen LogP contribution in [0.15, 0.2) is 27.1 Å². The van der Waals surface area contributed by atoms with Crippen molar-refractivity contribution in [3.63, 3.8) is 0 Å². The average molecular weight is 319 g/mol. The van der Waals surface area contributed by atoms with Gasteiger partial charge in [-0.1, -0.05) is 38.3 Å². The third kappa shape index (κ3) is 2.59. The van der Waals surface area contributed by atoms with Crippen molar-refractivity contribution in [1.29, 1.82) is 0 Å². The fourth-order valence-electron chi connectivity index (χ4n) is 1.91. The molecule has 1 atom stereocenters. The van der Waals surface area contributed by atoms with Gasteiger partial charge in [-0.3, -0.25) is 0 Å². The Bertz CT molecular complexity index is 299. The molecule has 0 radical (unpaired) electrons. The zero-order chi connectivity index (χ0) is 9.97. The second kappa shape index (κ2) is 4.77. The van der Waals surface area contributed by atoms with Gasteiger partial charge in [0.25, 0.3) is 0 Å². The normalized spacial score (nSPS) is 22.3. The predicted octanol–water partition coefficient (Wildman–Crippen LogP) is 4.03. The van der Waals surface area contributed by atoms with Crippen molar-refractivity contribution in [2.75, 3.05) is 6.54 Å². The van der Waals surface area contributed by atoms with Gasteiger partial charge in [-0.15, -0.1) is 0 Å². The number of benzene rings is 1. The fourth-order valence-corrected chi connectivity index (χ4v) is 3.24. The SMILES string of the molecule is Brc1cc(Br)cc([C@H]2CCCCN2)c1. The van der Waals surface area contributed by atoms with Crippen LogP contribution in [0.1, 0.15) is 30.9 Å². The minimum absolute atomic E-state index is 0.539. The average Bonchev–Trinajstić information content (AvgIpc) is 2.18. The number of hydrogen-bond acceptors (Lipinski definition) is 1. The van der Waals surface area contributed by atoms with Crippen molar-refractivity contribution in [3.8, 4) is 0 Å². The maximum atomic E-state index is 3.55. The standard InChI is InChI=1S/C11H13Br2N/c12-9-5-8(6-10(13)7-9)11-3-1-2-4-14-11/h5-7,11,14H,1-4H2/t11-/m1/s1. The Balaban J connectivity index is 2.21. The third-order valence-electron chi connectivity index (χ3n) is 2.60. The molecule has 0 bridgehead atoms. The molecule has 1 aromatic rings. The molecule has 1 N–H and O–H groups in total. The molecule has 1 heterocycles. The smallest absolute Gasteiger partial charge is 0.0321 e. The van der Waals surface area contributed by atoms with Crippen LogP contribution in [0.25, 0.3) is 0 Å². The molecule has 0 spiro atoms. The number of hydrogen-bond donors (Lipinski definition) is 1. The van der Waals surface area contributed by atoms with E-state index in [1.807, 2.05) is 0 Å². The summed E-state index contributed by atoms with van der Waals surface area (Å²) >= 11 is 7.04. The predicted molar refractivity (Wildman–Crippen MR) is 66.4 cm³/mol. The maximum absolute atomic E-state index is 3.55. The first kappa shape index (κ1) is 10.7. The van der Waals surface area contributed by atoms with Crippen LogP contribution in [0.5, 0.6) is 0 Å². The zero-order valence-corrected chi connectivity index (χ0v) is 11.1.